The van der Waals surface area contributed by atoms with Crippen molar-refractivity contribution in [3.8, 4) is 5.75 Å². The second kappa shape index (κ2) is 7.79. The average Bonchev–Trinajstić information content (AvgIpc) is 3.51. The van der Waals surface area contributed by atoms with E-state index in [4.69, 9.17) is 16.3 Å². The Morgan fingerprint density at radius 3 is 3.07 bits per heavy atom. The largest absolute Gasteiger partial charge is 0.486 e. The number of para-hydroxylation sites is 1. The molecule has 0 bridgehead atoms. The van der Waals surface area contributed by atoms with Gasteiger partial charge >= 0.3 is 0 Å². The van der Waals surface area contributed by atoms with Gasteiger partial charge in [0, 0.05) is 37.6 Å². The third-order valence-corrected chi connectivity index (χ3v) is 5.53. The van der Waals surface area contributed by atoms with E-state index in [0.717, 1.165) is 17.8 Å². The van der Waals surface area contributed by atoms with Crippen LogP contribution in [-0.2, 0) is 6.61 Å². The molecule has 1 aliphatic heterocycles. The Labute approximate surface area is 177 Å². The van der Waals surface area contributed by atoms with E-state index in [2.05, 4.69) is 20.2 Å². The van der Waals surface area contributed by atoms with Crippen molar-refractivity contribution in [3.63, 3.8) is 0 Å². The number of aromatic amines is 1. The van der Waals surface area contributed by atoms with Crippen LogP contribution in [0.5, 0.6) is 5.75 Å². The first-order valence-electron chi connectivity index (χ1n) is 9.68. The van der Waals surface area contributed by atoms with Gasteiger partial charge < -0.3 is 9.64 Å². The number of benzene rings is 1. The van der Waals surface area contributed by atoms with Crippen LogP contribution in [-0.4, -0.2) is 48.5 Å². The summed E-state index contributed by atoms with van der Waals surface area (Å²) in [6.45, 7) is 1.62. The van der Waals surface area contributed by atoms with E-state index in [1.807, 2.05) is 35.4 Å². The zero-order valence-electron chi connectivity index (χ0n) is 16.0. The van der Waals surface area contributed by atoms with E-state index < -0.39 is 0 Å². The van der Waals surface area contributed by atoms with Gasteiger partial charge in [-0.25, -0.2) is 9.97 Å². The first-order chi connectivity index (χ1) is 14.7. The molecule has 5 rings (SSSR count). The lowest BCUT2D eigenvalue weighted by Crippen LogP contribution is -2.28. The van der Waals surface area contributed by atoms with Crippen molar-refractivity contribution in [1.82, 2.24) is 29.5 Å². The van der Waals surface area contributed by atoms with Crippen LogP contribution in [0.15, 0.2) is 55.0 Å². The molecular weight excluding hydrogens is 404 g/mol. The minimum atomic E-state index is -0.0826. The molecule has 1 fully saturated rings. The Morgan fingerprint density at radius 1 is 1.30 bits per heavy atom. The predicted molar refractivity (Wildman–Crippen MR) is 111 cm³/mol. The summed E-state index contributed by atoms with van der Waals surface area (Å²) in [4.78, 5) is 23.2. The van der Waals surface area contributed by atoms with Crippen molar-refractivity contribution in [1.29, 1.82) is 0 Å². The van der Waals surface area contributed by atoms with Gasteiger partial charge in [0.2, 0.25) is 5.78 Å². The summed E-state index contributed by atoms with van der Waals surface area (Å²) in [5, 5.41) is 8.02. The number of carbonyl (C=O) groups excluding carboxylic acids is 1. The summed E-state index contributed by atoms with van der Waals surface area (Å²) in [6.07, 6.45) is 6.06. The van der Waals surface area contributed by atoms with Crippen LogP contribution in [0, 0.1) is 0 Å². The Bertz CT molecular complexity index is 1170. The van der Waals surface area contributed by atoms with Crippen molar-refractivity contribution >= 4 is 23.3 Å². The zero-order valence-corrected chi connectivity index (χ0v) is 16.8. The molecule has 1 aromatic carbocycles. The zero-order chi connectivity index (χ0) is 20.5. The topological polar surface area (TPSA) is 88.4 Å². The minimum Gasteiger partial charge on any atom is -0.486 e. The van der Waals surface area contributed by atoms with Crippen LogP contribution >= 0.6 is 11.6 Å². The van der Waals surface area contributed by atoms with Crippen LogP contribution in [0.3, 0.4) is 0 Å². The smallest absolute Gasteiger partial charge is 0.274 e. The summed E-state index contributed by atoms with van der Waals surface area (Å²) >= 11 is 6.12. The standard InChI is InChI=1S/C21H19ClN6O2/c22-16-4-1-2-5-19(16)30-13-15-10-17(26-25-15)14-6-9-27(11-14)20(29)18-12-28-8-3-7-23-21(28)24-18/h1-5,7-8,10,12,14H,6,9,11,13H2,(H,25,26). The number of aromatic nitrogens is 5. The minimum absolute atomic E-state index is 0.0826. The Balaban J connectivity index is 1.22. The summed E-state index contributed by atoms with van der Waals surface area (Å²) in [6, 6.07) is 11.2. The van der Waals surface area contributed by atoms with Gasteiger partial charge in [0.15, 0.2) is 0 Å². The molecule has 3 aromatic heterocycles. The van der Waals surface area contributed by atoms with E-state index in [9.17, 15) is 4.79 Å². The molecule has 0 saturated carbocycles. The predicted octanol–water partition coefficient (Wildman–Crippen LogP) is 3.31. The fourth-order valence-electron chi connectivity index (χ4n) is 3.66. The highest BCUT2D eigenvalue weighted by Gasteiger charge is 2.30. The number of rotatable bonds is 5. The van der Waals surface area contributed by atoms with Crippen molar-refractivity contribution in [2.45, 2.75) is 18.9 Å². The number of imidazole rings is 1. The quantitative estimate of drug-likeness (QED) is 0.533. The van der Waals surface area contributed by atoms with E-state index >= 15 is 0 Å². The molecule has 0 spiro atoms. The lowest BCUT2D eigenvalue weighted by atomic mass is 10.1. The molecule has 1 unspecified atom stereocenters. The number of hydrogen-bond donors (Lipinski definition) is 1. The van der Waals surface area contributed by atoms with E-state index in [1.54, 1.807) is 28.9 Å². The lowest BCUT2D eigenvalue weighted by molar-refractivity contribution is 0.0785. The van der Waals surface area contributed by atoms with E-state index in [-0.39, 0.29) is 11.8 Å². The third kappa shape index (κ3) is 3.61. The fourth-order valence-corrected chi connectivity index (χ4v) is 3.85. The van der Waals surface area contributed by atoms with Gasteiger partial charge in [-0.15, -0.1) is 0 Å². The number of fused-ring (bicyclic) bond motifs is 1. The summed E-state index contributed by atoms with van der Waals surface area (Å²) in [5.41, 5.74) is 2.20. The number of amides is 1. The molecule has 152 valence electrons. The van der Waals surface area contributed by atoms with Crippen molar-refractivity contribution in [2.75, 3.05) is 13.1 Å². The van der Waals surface area contributed by atoms with Crippen molar-refractivity contribution < 1.29 is 9.53 Å². The van der Waals surface area contributed by atoms with Gasteiger partial charge in [0.05, 0.1) is 16.4 Å². The molecule has 8 nitrogen and oxygen atoms in total. The van der Waals surface area contributed by atoms with Crippen LogP contribution in [0.25, 0.3) is 5.78 Å². The highest BCUT2D eigenvalue weighted by molar-refractivity contribution is 6.32. The van der Waals surface area contributed by atoms with Crippen LogP contribution < -0.4 is 4.74 Å². The molecule has 30 heavy (non-hydrogen) atoms. The Morgan fingerprint density at radius 2 is 2.20 bits per heavy atom. The maximum atomic E-state index is 12.9. The first-order valence-corrected chi connectivity index (χ1v) is 10.1. The van der Waals surface area contributed by atoms with E-state index in [1.165, 1.54) is 0 Å². The highest BCUT2D eigenvalue weighted by atomic mass is 35.5. The number of halogens is 1. The Hall–Kier alpha value is -3.39. The SMILES string of the molecule is O=C(c1cn2cccnc2n1)N1CCC(c2cc(COc3ccccc3Cl)[nH]n2)C1. The molecule has 4 heterocycles. The van der Waals surface area contributed by atoms with Gasteiger partial charge in [0.25, 0.3) is 5.91 Å². The molecule has 4 aromatic rings. The molecular formula is C21H19ClN6O2. The van der Waals surface area contributed by atoms with Crippen LogP contribution in [0.4, 0.5) is 0 Å². The fraction of sp³-hybridized carbons (Fsp3) is 0.238. The maximum absolute atomic E-state index is 12.9. The van der Waals surface area contributed by atoms with E-state index in [0.29, 0.717) is 41.9 Å². The monoisotopic (exact) mass is 422 g/mol. The number of H-pyrrole nitrogens is 1. The molecule has 0 radical (unpaired) electrons. The van der Waals surface area contributed by atoms with Crippen molar-refractivity contribution in [3.05, 3.63) is 77.1 Å². The summed E-state index contributed by atoms with van der Waals surface area (Å²) in [7, 11) is 0. The number of carbonyl (C=O) groups is 1. The number of nitrogens with zero attached hydrogens (tertiary/aromatic N) is 5. The molecule has 1 N–H and O–H groups in total. The van der Waals surface area contributed by atoms with Crippen LogP contribution in [0.1, 0.15) is 34.2 Å². The number of hydrogen-bond acceptors (Lipinski definition) is 5. The molecule has 1 aliphatic rings. The van der Waals surface area contributed by atoms with Crippen LogP contribution in [0.2, 0.25) is 5.02 Å². The third-order valence-electron chi connectivity index (χ3n) is 5.22. The van der Waals surface area contributed by atoms with Gasteiger partial charge in [-0.05, 0) is 30.7 Å². The normalized spacial score (nSPS) is 16.3. The lowest BCUT2D eigenvalue weighted by Gasteiger charge is -2.14. The number of nitrogens with one attached hydrogen (secondary N) is 1. The Kier molecular flexibility index (Phi) is 4.84. The number of likely N-dealkylation sites (tertiary alicyclic amines) is 1. The molecule has 9 heteroatoms. The maximum Gasteiger partial charge on any atom is 0.274 e. The average molecular weight is 423 g/mol. The summed E-state index contributed by atoms with van der Waals surface area (Å²) in [5.74, 6) is 1.25. The number of ether oxygens (including phenoxy) is 1. The molecule has 1 saturated heterocycles. The van der Waals surface area contributed by atoms with Gasteiger partial charge in [-0.1, -0.05) is 23.7 Å². The van der Waals surface area contributed by atoms with Gasteiger partial charge in [0.1, 0.15) is 18.1 Å². The van der Waals surface area contributed by atoms with Gasteiger partial charge in [-0.2, -0.15) is 5.10 Å². The van der Waals surface area contributed by atoms with Crippen molar-refractivity contribution in [2.24, 2.45) is 0 Å². The second-order valence-electron chi connectivity index (χ2n) is 7.23. The first kappa shape index (κ1) is 18.6. The second-order valence-corrected chi connectivity index (χ2v) is 7.63. The highest BCUT2D eigenvalue weighted by Crippen LogP contribution is 2.28. The molecule has 1 amide bonds. The summed E-state index contributed by atoms with van der Waals surface area (Å²) < 4.78 is 7.51. The molecule has 0 aliphatic carbocycles. The molecule has 1 atom stereocenters. The van der Waals surface area contributed by atoms with Gasteiger partial charge in [-0.3, -0.25) is 14.3 Å².